The molecular weight excluding hydrogens is 340 g/mol. The van der Waals surface area contributed by atoms with E-state index < -0.39 is 0 Å². The molecule has 0 unspecified atom stereocenters. The number of rotatable bonds is 3. The molecule has 5 rings (SSSR count). The highest BCUT2D eigenvalue weighted by Gasteiger charge is 2.43. The summed E-state index contributed by atoms with van der Waals surface area (Å²) in [6.07, 6.45) is 3.72. The molecule has 1 aliphatic heterocycles. The molecule has 1 fully saturated rings. The summed E-state index contributed by atoms with van der Waals surface area (Å²) >= 11 is 0. The molecule has 2 aliphatic rings. The average molecular weight is 358 g/mol. The number of benzene rings is 1. The highest BCUT2D eigenvalue weighted by molar-refractivity contribution is 6.09. The number of pyridine rings is 1. The first-order valence-corrected chi connectivity index (χ1v) is 9.14. The van der Waals surface area contributed by atoms with E-state index in [1.165, 1.54) is 0 Å². The van der Waals surface area contributed by atoms with Gasteiger partial charge < -0.3 is 14.6 Å². The van der Waals surface area contributed by atoms with E-state index in [9.17, 15) is 9.90 Å². The fraction of sp³-hybridized carbons (Fsp3) is 0.286. The van der Waals surface area contributed by atoms with Crippen LogP contribution in [0.1, 0.15) is 28.9 Å². The van der Waals surface area contributed by atoms with E-state index in [0.29, 0.717) is 17.8 Å². The van der Waals surface area contributed by atoms with Gasteiger partial charge in [0.15, 0.2) is 0 Å². The molecule has 0 spiro atoms. The van der Waals surface area contributed by atoms with Gasteiger partial charge in [-0.2, -0.15) is 5.26 Å². The lowest BCUT2D eigenvalue weighted by molar-refractivity contribution is 0.0466. The maximum absolute atomic E-state index is 13.5. The Morgan fingerprint density at radius 1 is 1.22 bits per heavy atom. The SMILES string of the molecule is N#Cc1ccc(-c2c3n(c4cccnc24)C[C@@H](CO)N(C2CC2)C3=O)cc1. The number of fused-ring (bicyclic) bond motifs is 3. The van der Waals surface area contributed by atoms with Gasteiger partial charge in [-0.15, -0.1) is 0 Å². The van der Waals surface area contributed by atoms with Crippen molar-refractivity contribution >= 4 is 16.9 Å². The molecule has 134 valence electrons. The van der Waals surface area contributed by atoms with Crippen molar-refractivity contribution in [2.75, 3.05) is 6.61 Å². The molecule has 2 aromatic heterocycles. The van der Waals surface area contributed by atoms with Gasteiger partial charge in [-0.05, 0) is 42.7 Å². The maximum atomic E-state index is 13.5. The van der Waals surface area contributed by atoms with Crippen molar-refractivity contribution < 1.29 is 9.90 Å². The third kappa shape index (κ3) is 2.36. The second-order valence-electron chi connectivity index (χ2n) is 7.17. The molecule has 3 aromatic rings. The Hall–Kier alpha value is -3.17. The zero-order chi connectivity index (χ0) is 18.5. The Morgan fingerprint density at radius 3 is 2.67 bits per heavy atom. The first-order chi connectivity index (χ1) is 13.2. The van der Waals surface area contributed by atoms with Gasteiger partial charge >= 0.3 is 0 Å². The zero-order valence-electron chi connectivity index (χ0n) is 14.7. The van der Waals surface area contributed by atoms with Crippen LogP contribution in [0.15, 0.2) is 42.6 Å². The van der Waals surface area contributed by atoms with Crippen LogP contribution in [-0.2, 0) is 6.54 Å². The van der Waals surface area contributed by atoms with Crippen LogP contribution in [0, 0.1) is 11.3 Å². The van der Waals surface area contributed by atoms with Gasteiger partial charge in [-0.3, -0.25) is 9.78 Å². The molecule has 1 saturated carbocycles. The van der Waals surface area contributed by atoms with Crippen molar-refractivity contribution in [3.8, 4) is 17.2 Å². The number of aromatic nitrogens is 2. The third-order valence-electron chi connectivity index (χ3n) is 5.50. The molecule has 0 bridgehead atoms. The smallest absolute Gasteiger partial charge is 0.271 e. The summed E-state index contributed by atoms with van der Waals surface area (Å²) in [6.45, 7) is 0.514. The van der Waals surface area contributed by atoms with Gasteiger partial charge in [0.1, 0.15) is 5.69 Å². The molecule has 27 heavy (non-hydrogen) atoms. The number of carbonyl (C=O) groups excluding carboxylic acids is 1. The van der Waals surface area contributed by atoms with Gasteiger partial charge in [0.05, 0.1) is 35.3 Å². The Morgan fingerprint density at radius 2 is 2.00 bits per heavy atom. The number of hydrogen-bond acceptors (Lipinski definition) is 4. The van der Waals surface area contributed by atoms with E-state index in [1.807, 2.05) is 33.7 Å². The molecule has 6 nitrogen and oxygen atoms in total. The quantitative estimate of drug-likeness (QED) is 0.780. The minimum absolute atomic E-state index is 0.0415. The third-order valence-corrected chi connectivity index (χ3v) is 5.50. The number of hydrogen-bond donors (Lipinski definition) is 1. The van der Waals surface area contributed by atoms with Crippen LogP contribution in [0.3, 0.4) is 0 Å². The summed E-state index contributed by atoms with van der Waals surface area (Å²) in [5, 5.41) is 19.0. The normalized spacial score (nSPS) is 19.2. The van der Waals surface area contributed by atoms with Crippen molar-refractivity contribution in [1.29, 1.82) is 5.26 Å². The Bertz CT molecular complexity index is 1090. The largest absolute Gasteiger partial charge is 0.394 e. The Balaban J connectivity index is 1.77. The lowest BCUT2D eigenvalue weighted by Gasteiger charge is -2.36. The number of carbonyl (C=O) groups is 1. The van der Waals surface area contributed by atoms with Gasteiger partial charge in [0, 0.05) is 24.3 Å². The molecule has 0 radical (unpaired) electrons. The van der Waals surface area contributed by atoms with Crippen molar-refractivity contribution in [2.45, 2.75) is 31.5 Å². The maximum Gasteiger partial charge on any atom is 0.271 e. The molecular formula is C21H18N4O2. The zero-order valence-corrected chi connectivity index (χ0v) is 14.7. The molecule has 1 N–H and O–H groups in total. The summed E-state index contributed by atoms with van der Waals surface area (Å²) in [6, 6.07) is 13.2. The molecule has 6 heteroatoms. The monoisotopic (exact) mass is 358 g/mol. The van der Waals surface area contributed by atoms with Crippen LogP contribution in [0.4, 0.5) is 0 Å². The molecule has 0 saturated heterocycles. The fourth-order valence-corrected chi connectivity index (χ4v) is 4.12. The number of nitriles is 1. The number of aliphatic hydroxyl groups excluding tert-OH is 1. The van der Waals surface area contributed by atoms with Gasteiger partial charge in [-0.1, -0.05) is 12.1 Å². The van der Waals surface area contributed by atoms with E-state index in [2.05, 4.69) is 11.1 Å². The van der Waals surface area contributed by atoms with E-state index in [1.54, 1.807) is 18.3 Å². The molecule has 3 heterocycles. The molecule has 1 amide bonds. The van der Waals surface area contributed by atoms with Crippen molar-refractivity contribution in [3.05, 3.63) is 53.9 Å². The van der Waals surface area contributed by atoms with E-state index >= 15 is 0 Å². The van der Waals surface area contributed by atoms with Crippen LogP contribution < -0.4 is 0 Å². The van der Waals surface area contributed by atoms with Crippen LogP contribution in [-0.4, -0.2) is 44.2 Å². The summed E-state index contributed by atoms with van der Waals surface area (Å²) in [5.41, 5.74) is 4.56. The Kier molecular flexibility index (Phi) is 3.52. The average Bonchev–Trinajstić information content (AvgIpc) is 3.49. The predicted molar refractivity (Wildman–Crippen MR) is 99.9 cm³/mol. The minimum atomic E-state index is -0.206. The Labute approximate surface area is 156 Å². The van der Waals surface area contributed by atoms with Crippen LogP contribution >= 0.6 is 0 Å². The first kappa shape index (κ1) is 16.0. The van der Waals surface area contributed by atoms with Crippen molar-refractivity contribution in [2.24, 2.45) is 0 Å². The number of nitrogens with zero attached hydrogens (tertiary/aromatic N) is 4. The molecule has 1 atom stereocenters. The molecule has 1 aliphatic carbocycles. The van der Waals surface area contributed by atoms with E-state index in [0.717, 1.165) is 35.0 Å². The van der Waals surface area contributed by atoms with Gasteiger partial charge in [-0.25, -0.2) is 0 Å². The van der Waals surface area contributed by atoms with Crippen molar-refractivity contribution in [1.82, 2.24) is 14.5 Å². The molecule has 1 aromatic carbocycles. The summed E-state index contributed by atoms with van der Waals surface area (Å²) in [5.74, 6) is -0.0415. The lowest BCUT2D eigenvalue weighted by Crippen LogP contribution is -2.50. The van der Waals surface area contributed by atoms with Crippen LogP contribution in [0.2, 0.25) is 0 Å². The summed E-state index contributed by atoms with van der Waals surface area (Å²) in [4.78, 5) is 19.9. The van der Waals surface area contributed by atoms with Crippen LogP contribution in [0.5, 0.6) is 0 Å². The van der Waals surface area contributed by atoms with Crippen LogP contribution in [0.25, 0.3) is 22.2 Å². The number of aliphatic hydroxyl groups is 1. The van der Waals surface area contributed by atoms with E-state index in [-0.39, 0.29) is 24.6 Å². The van der Waals surface area contributed by atoms with Gasteiger partial charge in [0.2, 0.25) is 0 Å². The highest BCUT2D eigenvalue weighted by atomic mass is 16.3. The standard InChI is InChI=1S/C21H18N4O2/c22-10-13-3-5-14(6-4-13)18-19-17(2-1-9-23-19)24-11-16(12-26)25(15-7-8-15)21(27)20(18)24/h1-6,9,15-16,26H,7-8,11-12H2/t16-/m0/s1. The summed E-state index contributed by atoms with van der Waals surface area (Å²) < 4.78 is 2.00. The second-order valence-corrected chi connectivity index (χ2v) is 7.17. The first-order valence-electron chi connectivity index (χ1n) is 9.14. The predicted octanol–water partition coefficient (Wildman–Crippen LogP) is 2.55. The van der Waals surface area contributed by atoms with Crippen molar-refractivity contribution in [3.63, 3.8) is 0 Å². The van der Waals surface area contributed by atoms with Gasteiger partial charge in [0.25, 0.3) is 5.91 Å². The minimum Gasteiger partial charge on any atom is -0.394 e. The topological polar surface area (TPSA) is 82.2 Å². The second kappa shape index (κ2) is 5.93. The van der Waals surface area contributed by atoms with E-state index in [4.69, 9.17) is 5.26 Å². The summed E-state index contributed by atoms with van der Waals surface area (Å²) in [7, 11) is 0. The lowest BCUT2D eigenvalue weighted by atomic mass is 10.0. The highest BCUT2D eigenvalue weighted by Crippen LogP contribution is 2.40. The fourth-order valence-electron chi connectivity index (χ4n) is 4.12. The number of amides is 1.